The average molecular weight is 257 g/mol. The van der Waals surface area contributed by atoms with Crippen molar-refractivity contribution in [3.8, 4) is 0 Å². The fourth-order valence-corrected chi connectivity index (χ4v) is 2.20. The van der Waals surface area contributed by atoms with Gasteiger partial charge in [0.1, 0.15) is 11.5 Å². The third kappa shape index (κ3) is 2.56. The average Bonchev–Trinajstić information content (AvgIpc) is 2.67. The second kappa shape index (κ2) is 4.85. The summed E-state index contributed by atoms with van der Waals surface area (Å²) < 4.78 is 26.5. The maximum absolute atomic E-state index is 13.6. The number of nitrogens with zero attached hydrogens (tertiary/aromatic N) is 1. The molecule has 2 rings (SSSR count). The van der Waals surface area contributed by atoms with Gasteiger partial charge >= 0.3 is 0 Å². The lowest BCUT2D eigenvalue weighted by Crippen LogP contribution is -2.21. The summed E-state index contributed by atoms with van der Waals surface area (Å²) in [5.74, 6) is -1.92. The van der Waals surface area contributed by atoms with Gasteiger partial charge in [0.15, 0.2) is 5.82 Å². The number of halogens is 2. The molecule has 2 atom stereocenters. The SMILES string of the molecule is NC1CCC(Nc2c(F)cc(F)cc2[N+](=O)[O-])C1. The molecule has 0 aromatic heterocycles. The van der Waals surface area contributed by atoms with Gasteiger partial charge in [-0.2, -0.15) is 0 Å². The number of nitro benzene ring substituents is 1. The summed E-state index contributed by atoms with van der Waals surface area (Å²) in [5, 5.41) is 13.5. The maximum atomic E-state index is 13.6. The summed E-state index contributed by atoms with van der Waals surface area (Å²) in [7, 11) is 0. The van der Waals surface area contributed by atoms with E-state index in [0.29, 0.717) is 18.6 Å². The Morgan fingerprint density at radius 3 is 2.67 bits per heavy atom. The van der Waals surface area contributed by atoms with Crippen molar-refractivity contribution in [2.75, 3.05) is 5.32 Å². The summed E-state index contributed by atoms with van der Waals surface area (Å²) in [6, 6.07) is 1.24. The van der Waals surface area contributed by atoms with Gasteiger partial charge in [-0.1, -0.05) is 0 Å². The van der Waals surface area contributed by atoms with E-state index >= 15 is 0 Å². The van der Waals surface area contributed by atoms with Crippen LogP contribution in [0.5, 0.6) is 0 Å². The minimum Gasteiger partial charge on any atom is -0.374 e. The van der Waals surface area contributed by atoms with Crippen molar-refractivity contribution in [1.82, 2.24) is 0 Å². The first-order chi connectivity index (χ1) is 8.47. The van der Waals surface area contributed by atoms with Crippen molar-refractivity contribution in [3.05, 3.63) is 33.9 Å². The molecule has 0 bridgehead atoms. The predicted molar refractivity (Wildman–Crippen MR) is 62.2 cm³/mol. The lowest BCUT2D eigenvalue weighted by Gasteiger charge is -2.14. The van der Waals surface area contributed by atoms with Crippen LogP contribution in [-0.4, -0.2) is 17.0 Å². The van der Waals surface area contributed by atoms with Crippen molar-refractivity contribution in [2.45, 2.75) is 31.3 Å². The molecule has 0 saturated heterocycles. The molecule has 3 N–H and O–H groups in total. The van der Waals surface area contributed by atoms with Crippen LogP contribution in [0.15, 0.2) is 12.1 Å². The highest BCUT2D eigenvalue weighted by atomic mass is 19.1. The first-order valence-electron chi connectivity index (χ1n) is 5.63. The zero-order valence-electron chi connectivity index (χ0n) is 9.53. The summed E-state index contributed by atoms with van der Waals surface area (Å²) in [6.07, 6.45) is 2.12. The number of hydrogen-bond donors (Lipinski definition) is 2. The van der Waals surface area contributed by atoms with Crippen LogP contribution in [0.25, 0.3) is 0 Å². The standard InChI is InChI=1S/C11H13F2N3O2/c12-6-3-9(13)11(10(4-6)16(17)18)15-8-2-1-7(14)5-8/h3-4,7-8,15H,1-2,5,14H2. The topological polar surface area (TPSA) is 81.2 Å². The van der Waals surface area contributed by atoms with Crippen LogP contribution in [0.2, 0.25) is 0 Å². The van der Waals surface area contributed by atoms with E-state index in [4.69, 9.17) is 5.73 Å². The lowest BCUT2D eigenvalue weighted by molar-refractivity contribution is -0.384. The van der Waals surface area contributed by atoms with Gasteiger partial charge in [0.05, 0.1) is 11.0 Å². The Hall–Kier alpha value is -1.76. The Balaban J connectivity index is 2.28. The van der Waals surface area contributed by atoms with Crippen LogP contribution < -0.4 is 11.1 Å². The van der Waals surface area contributed by atoms with E-state index in [-0.39, 0.29) is 17.8 Å². The van der Waals surface area contributed by atoms with Gasteiger partial charge in [-0.15, -0.1) is 0 Å². The Labute approximate surface area is 102 Å². The molecule has 1 saturated carbocycles. The number of anilines is 1. The van der Waals surface area contributed by atoms with Crippen molar-refractivity contribution in [2.24, 2.45) is 5.73 Å². The van der Waals surface area contributed by atoms with Gasteiger partial charge in [0, 0.05) is 18.2 Å². The third-order valence-electron chi connectivity index (χ3n) is 3.05. The lowest BCUT2D eigenvalue weighted by atomic mass is 10.2. The van der Waals surface area contributed by atoms with Gasteiger partial charge in [-0.25, -0.2) is 8.78 Å². The highest BCUT2D eigenvalue weighted by Crippen LogP contribution is 2.31. The molecule has 0 spiro atoms. The number of hydrogen-bond acceptors (Lipinski definition) is 4. The molecule has 1 fully saturated rings. The highest BCUT2D eigenvalue weighted by molar-refractivity contribution is 5.63. The third-order valence-corrected chi connectivity index (χ3v) is 3.05. The van der Waals surface area contributed by atoms with Crippen LogP contribution in [0.3, 0.4) is 0 Å². The Morgan fingerprint density at radius 1 is 1.39 bits per heavy atom. The fraction of sp³-hybridized carbons (Fsp3) is 0.455. The minimum absolute atomic E-state index is 0.0186. The molecule has 0 heterocycles. The van der Waals surface area contributed by atoms with E-state index in [0.717, 1.165) is 12.8 Å². The molecule has 2 unspecified atom stereocenters. The fourth-order valence-electron chi connectivity index (χ4n) is 2.20. The molecule has 7 heteroatoms. The first-order valence-corrected chi connectivity index (χ1v) is 5.63. The molecule has 0 radical (unpaired) electrons. The minimum atomic E-state index is -0.965. The van der Waals surface area contributed by atoms with E-state index in [2.05, 4.69) is 5.32 Å². The molecule has 1 aromatic carbocycles. The van der Waals surface area contributed by atoms with E-state index < -0.39 is 22.2 Å². The van der Waals surface area contributed by atoms with E-state index in [1.165, 1.54) is 0 Å². The van der Waals surface area contributed by atoms with Crippen molar-refractivity contribution in [3.63, 3.8) is 0 Å². The van der Waals surface area contributed by atoms with Gasteiger partial charge in [-0.05, 0) is 19.3 Å². The quantitative estimate of drug-likeness (QED) is 0.642. The van der Waals surface area contributed by atoms with E-state index in [1.807, 2.05) is 0 Å². The van der Waals surface area contributed by atoms with Crippen LogP contribution in [0.4, 0.5) is 20.2 Å². The normalized spacial score (nSPS) is 23.1. The number of nitro groups is 1. The molecule has 0 amide bonds. The van der Waals surface area contributed by atoms with Crippen molar-refractivity contribution >= 4 is 11.4 Å². The predicted octanol–water partition coefficient (Wildman–Crippen LogP) is 2.16. The van der Waals surface area contributed by atoms with Gasteiger partial charge in [-0.3, -0.25) is 10.1 Å². The highest BCUT2D eigenvalue weighted by Gasteiger charge is 2.27. The molecule has 1 aromatic rings. The largest absolute Gasteiger partial charge is 0.374 e. The van der Waals surface area contributed by atoms with Gasteiger partial charge in [0.25, 0.3) is 5.69 Å². The second-order valence-electron chi connectivity index (χ2n) is 4.45. The first kappa shape index (κ1) is 12.7. The molecule has 1 aliphatic rings. The van der Waals surface area contributed by atoms with Crippen LogP contribution in [0.1, 0.15) is 19.3 Å². The number of benzene rings is 1. The monoisotopic (exact) mass is 257 g/mol. The second-order valence-corrected chi connectivity index (χ2v) is 4.45. The van der Waals surface area contributed by atoms with Crippen molar-refractivity contribution in [1.29, 1.82) is 0 Å². The van der Waals surface area contributed by atoms with Crippen molar-refractivity contribution < 1.29 is 13.7 Å². The zero-order chi connectivity index (χ0) is 13.3. The summed E-state index contributed by atoms with van der Waals surface area (Å²) in [6.45, 7) is 0. The molecule has 18 heavy (non-hydrogen) atoms. The summed E-state index contributed by atoms with van der Waals surface area (Å²) in [4.78, 5) is 9.97. The van der Waals surface area contributed by atoms with Gasteiger partial charge in [0.2, 0.25) is 0 Å². The molecule has 5 nitrogen and oxygen atoms in total. The van der Waals surface area contributed by atoms with Gasteiger partial charge < -0.3 is 11.1 Å². The van der Waals surface area contributed by atoms with Crippen LogP contribution in [0, 0.1) is 21.7 Å². The van der Waals surface area contributed by atoms with E-state index in [1.54, 1.807) is 0 Å². The molecule has 98 valence electrons. The Bertz CT molecular complexity index is 482. The summed E-state index contributed by atoms with van der Waals surface area (Å²) in [5.41, 5.74) is 4.86. The summed E-state index contributed by atoms with van der Waals surface area (Å²) >= 11 is 0. The van der Waals surface area contributed by atoms with Crippen LogP contribution >= 0.6 is 0 Å². The Morgan fingerprint density at radius 2 is 2.11 bits per heavy atom. The van der Waals surface area contributed by atoms with E-state index in [9.17, 15) is 18.9 Å². The number of nitrogens with one attached hydrogen (secondary N) is 1. The Kier molecular flexibility index (Phi) is 3.42. The molecule has 1 aliphatic carbocycles. The molecule has 0 aliphatic heterocycles. The molecular formula is C11H13F2N3O2. The maximum Gasteiger partial charge on any atom is 0.298 e. The number of rotatable bonds is 3. The van der Waals surface area contributed by atoms with Crippen LogP contribution in [-0.2, 0) is 0 Å². The number of nitrogens with two attached hydrogens (primary N) is 1. The molecular weight excluding hydrogens is 244 g/mol. The zero-order valence-corrected chi connectivity index (χ0v) is 9.53. The smallest absolute Gasteiger partial charge is 0.298 e.